The van der Waals surface area contributed by atoms with E-state index in [0.29, 0.717) is 0 Å². The molecule has 0 amide bonds. The molecule has 2 rings (SSSR count). The Hall–Kier alpha value is -1.61. The molecule has 1 aromatic carbocycles. The first kappa shape index (κ1) is 12.8. The van der Waals surface area contributed by atoms with E-state index in [1.165, 1.54) is 11.1 Å². The summed E-state index contributed by atoms with van der Waals surface area (Å²) in [6.45, 7) is 7.13. The molecule has 96 valence electrons. The number of rotatable bonds is 6. The van der Waals surface area contributed by atoms with Gasteiger partial charge in [-0.3, -0.25) is 0 Å². The summed E-state index contributed by atoms with van der Waals surface area (Å²) in [6, 6.07) is 8.79. The van der Waals surface area contributed by atoms with E-state index >= 15 is 0 Å². The van der Waals surface area contributed by atoms with E-state index < -0.39 is 0 Å². The first-order valence-corrected chi connectivity index (χ1v) is 6.62. The number of nitrogens with one attached hydrogen (secondary N) is 1. The van der Waals surface area contributed by atoms with Crippen molar-refractivity contribution in [3.05, 3.63) is 53.6 Å². The maximum absolute atomic E-state index is 4.34. The van der Waals surface area contributed by atoms with Gasteiger partial charge < -0.3 is 9.88 Å². The molecule has 0 fully saturated rings. The zero-order valence-corrected chi connectivity index (χ0v) is 11.2. The van der Waals surface area contributed by atoms with E-state index in [1.807, 2.05) is 12.4 Å². The average Bonchev–Trinajstić information content (AvgIpc) is 2.85. The SMILES string of the molecule is CCNCc1ccc(Cn2ccnc2CC)cc1. The molecular formula is C15H21N3. The highest BCUT2D eigenvalue weighted by Gasteiger charge is 2.01. The lowest BCUT2D eigenvalue weighted by atomic mass is 10.1. The molecule has 0 unspecified atom stereocenters. The van der Waals surface area contributed by atoms with Crippen molar-refractivity contribution in [1.82, 2.24) is 14.9 Å². The van der Waals surface area contributed by atoms with Gasteiger partial charge in [0.25, 0.3) is 0 Å². The molecule has 0 aliphatic rings. The highest BCUT2D eigenvalue weighted by atomic mass is 15.1. The van der Waals surface area contributed by atoms with Gasteiger partial charge in [-0.1, -0.05) is 38.1 Å². The minimum atomic E-state index is 0.907. The van der Waals surface area contributed by atoms with Crippen molar-refractivity contribution in [1.29, 1.82) is 0 Å². The maximum atomic E-state index is 4.34. The fraction of sp³-hybridized carbons (Fsp3) is 0.400. The number of aryl methyl sites for hydroxylation is 1. The molecule has 0 saturated carbocycles. The average molecular weight is 243 g/mol. The second-order valence-corrected chi connectivity index (χ2v) is 4.42. The standard InChI is InChI=1S/C15H21N3/c1-3-15-17-9-10-18(15)12-14-7-5-13(6-8-14)11-16-4-2/h5-10,16H,3-4,11-12H2,1-2H3. The highest BCUT2D eigenvalue weighted by molar-refractivity contribution is 5.23. The minimum Gasteiger partial charge on any atom is -0.331 e. The molecule has 3 heteroatoms. The lowest BCUT2D eigenvalue weighted by molar-refractivity contribution is 0.720. The first-order valence-electron chi connectivity index (χ1n) is 6.62. The third-order valence-electron chi connectivity index (χ3n) is 3.07. The van der Waals surface area contributed by atoms with Crippen molar-refractivity contribution in [2.75, 3.05) is 6.54 Å². The molecule has 0 aliphatic heterocycles. The number of hydrogen-bond donors (Lipinski definition) is 1. The summed E-state index contributed by atoms with van der Waals surface area (Å²) in [5.74, 6) is 1.15. The predicted octanol–water partition coefficient (Wildman–Crippen LogP) is 2.60. The van der Waals surface area contributed by atoms with E-state index in [9.17, 15) is 0 Å². The second-order valence-electron chi connectivity index (χ2n) is 4.42. The third kappa shape index (κ3) is 3.20. The van der Waals surface area contributed by atoms with Crippen molar-refractivity contribution in [2.45, 2.75) is 33.4 Å². The Morgan fingerprint density at radius 2 is 1.83 bits per heavy atom. The molecule has 3 nitrogen and oxygen atoms in total. The van der Waals surface area contributed by atoms with Gasteiger partial charge in [-0.25, -0.2) is 4.98 Å². The third-order valence-corrected chi connectivity index (χ3v) is 3.07. The van der Waals surface area contributed by atoms with Crippen molar-refractivity contribution in [2.24, 2.45) is 0 Å². The quantitative estimate of drug-likeness (QED) is 0.845. The topological polar surface area (TPSA) is 29.9 Å². The van der Waals surface area contributed by atoms with Crippen molar-refractivity contribution >= 4 is 0 Å². The Balaban J connectivity index is 2.02. The van der Waals surface area contributed by atoms with Crippen LogP contribution in [0.3, 0.4) is 0 Å². The Kier molecular flexibility index (Phi) is 4.53. The summed E-state index contributed by atoms with van der Waals surface area (Å²) in [6.07, 6.45) is 4.90. The van der Waals surface area contributed by atoms with E-state index in [1.54, 1.807) is 0 Å². The molecule has 18 heavy (non-hydrogen) atoms. The van der Waals surface area contributed by atoms with Crippen molar-refractivity contribution < 1.29 is 0 Å². The number of nitrogens with zero attached hydrogens (tertiary/aromatic N) is 2. The monoisotopic (exact) mass is 243 g/mol. The van der Waals surface area contributed by atoms with Crippen LogP contribution in [0.1, 0.15) is 30.8 Å². The smallest absolute Gasteiger partial charge is 0.108 e. The van der Waals surface area contributed by atoms with Crippen LogP contribution in [0.2, 0.25) is 0 Å². The van der Waals surface area contributed by atoms with E-state index in [-0.39, 0.29) is 0 Å². The summed E-state index contributed by atoms with van der Waals surface area (Å²) in [5.41, 5.74) is 2.66. The summed E-state index contributed by atoms with van der Waals surface area (Å²) in [4.78, 5) is 4.34. The lowest BCUT2D eigenvalue weighted by Gasteiger charge is -2.08. The van der Waals surface area contributed by atoms with Crippen LogP contribution >= 0.6 is 0 Å². The van der Waals surface area contributed by atoms with Crippen LogP contribution in [0.4, 0.5) is 0 Å². The van der Waals surface area contributed by atoms with Gasteiger partial charge in [0, 0.05) is 31.9 Å². The van der Waals surface area contributed by atoms with Crippen LogP contribution in [-0.4, -0.2) is 16.1 Å². The lowest BCUT2D eigenvalue weighted by Crippen LogP contribution is -2.11. The minimum absolute atomic E-state index is 0.907. The second kappa shape index (κ2) is 6.36. The molecule has 1 N–H and O–H groups in total. The first-order chi connectivity index (χ1) is 8.83. The Labute approximate surface area is 109 Å². The molecule has 0 spiro atoms. The van der Waals surface area contributed by atoms with Crippen LogP contribution in [0.25, 0.3) is 0 Å². The van der Waals surface area contributed by atoms with Gasteiger partial charge in [-0.05, 0) is 17.7 Å². The van der Waals surface area contributed by atoms with Gasteiger partial charge in [0.1, 0.15) is 5.82 Å². The summed E-state index contributed by atoms with van der Waals surface area (Å²) in [5, 5.41) is 3.33. The van der Waals surface area contributed by atoms with Crippen LogP contribution < -0.4 is 5.32 Å². The number of benzene rings is 1. The van der Waals surface area contributed by atoms with E-state index in [2.05, 4.69) is 53.0 Å². The molecule has 0 radical (unpaired) electrons. The van der Waals surface area contributed by atoms with Gasteiger partial charge >= 0.3 is 0 Å². The molecular weight excluding hydrogens is 222 g/mol. The Bertz CT molecular complexity index is 471. The largest absolute Gasteiger partial charge is 0.331 e. The normalized spacial score (nSPS) is 10.8. The van der Waals surface area contributed by atoms with Gasteiger partial charge in [0.05, 0.1) is 0 Å². The van der Waals surface area contributed by atoms with Crippen LogP contribution in [0.5, 0.6) is 0 Å². The highest BCUT2D eigenvalue weighted by Crippen LogP contribution is 2.08. The Morgan fingerprint density at radius 3 is 2.50 bits per heavy atom. The Morgan fingerprint density at radius 1 is 1.11 bits per heavy atom. The van der Waals surface area contributed by atoms with Crippen LogP contribution in [0.15, 0.2) is 36.7 Å². The maximum Gasteiger partial charge on any atom is 0.108 e. The fourth-order valence-electron chi connectivity index (χ4n) is 2.03. The molecule has 0 saturated heterocycles. The fourth-order valence-corrected chi connectivity index (χ4v) is 2.03. The zero-order chi connectivity index (χ0) is 12.8. The van der Waals surface area contributed by atoms with Crippen molar-refractivity contribution in [3.63, 3.8) is 0 Å². The van der Waals surface area contributed by atoms with Crippen LogP contribution in [-0.2, 0) is 19.5 Å². The number of aromatic nitrogens is 2. The molecule has 1 heterocycles. The molecule has 1 aromatic heterocycles. The summed E-state index contributed by atoms with van der Waals surface area (Å²) in [7, 11) is 0. The van der Waals surface area contributed by atoms with Gasteiger partial charge in [-0.2, -0.15) is 0 Å². The van der Waals surface area contributed by atoms with Crippen molar-refractivity contribution in [3.8, 4) is 0 Å². The molecule has 2 aromatic rings. The summed E-state index contributed by atoms with van der Waals surface area (Å²) < 4.78 is 2.21. The molecule has 0 bridgehead atoms. The van der Waals surface area contributed by atoms with Crippen LogP contribution in [0, 0.1) is 0 Å². The summed E-state index contributed by atoms with van der Waals surface area (Å²) >= 11 is 0. The molecule has 0 atom stereocenters. The molecule has 0 aliphatic carbocycles. The van der Waals surface area contributed by atoms with Gasteiger partial charge in [0.2, 0.25) is 0 Å². The van der Waals surface area contributed by atoms with Gasteiger partial charge in [0.15, 0.2) is 0 Å². The van der Waals surface area contributed by atoms with E-state index in [0.717, 1.165) is 31.9 Å². The van der Waals surface area contributed by atoms with Gasteiger partial charge in [-0.15, -0.1) is 0 Å². The number of imidazole rings is 1. The predicted molar refractivity (Wildman–Crippen MR) is 74.5 cm³/mol. The zero-order valence-electron chi connectivity index (χ0n) is 11.2. The number of hydrogen-bond acceptors (Lipinski definition) is 2. The van der Waals surface area contributed by atoms with E-state index in [4.69, 9.17) is 0 Å².